The van der Waals surface area contributed by atoms with Gasteiger partial charge in [-0.2, -0.15) is 29.0 Å². The number of halogens is 3. The van der Waals surface area contributed by atoms with Crippen molar-refractivity contribution in [2.75, 3.05) is 0 Å². The second-order valence-corrected chi connectivity index (χ2v) is 14.9. The molecule has 0 saturated heterocycles. The second kappa shape index (κ2) is 14.4. The summed E-state index contributed by atoms with van der Waals surface area (Å²) in [7, 11) is 0. The van der Waals surface area contributed by atoms with Crippen molar-refractivity contribution in [3.05, 3.63) is 197 Å². The predicted molar refractivity (Wildman–Crippen MR) is 237 cm³/mol. The van der Waals surface area contributed by atoms with E-state index in [1.807, 2.05) is 118 Å². The first-order valence-electron chi connectivity index (χ1n) is 19.4. The van der Waals surface area contributed by atoms with E-state index in [1.165, 1.54) is 6.07 Å². The largest absolute Gasteiger partial charge is 0.416 e. The summed E-state index contributed by atoms with van der Waals surface area (Å²) in [5.74, 6) is 0. The van der Waals surface area contributed by atoms with E-state index < -0.39 is 11.7 Å². The van der Waals surface area contributed by atoms with Gasteiger partial charge in [0.2, 0.25) is 0 Å². The topological polar surface area (TPSA) is 85.6 Å². The van der Waals surface area contributed by atoms with Gasteiger partial charge in [0.05, 0.1) is 74.4 Å². The molecule has 0 aliphatic carbocycles. The third-order valence-electron chi connectivity index (χ3n) is 11.5. The van der Waals surface area contributed by atoms with Gasteiger partial charge in [0.1, 0.15) is 6.07 Å². The van der Waals surface area contributed by atoms with Crippen LogP contribution < -0.4 is 0 Å². The Morgan fingerprint density at radius 3 is 1.50 bits per heavy atom. The van der Waals surface area contributed by atoms with Crippen molar-refractivity contribution >= 4 is 49.3 Å². The summed E-state index contributed by atoms with van der Waals surface area (Å²) in [6.07, 6.45) is -4.68. The number of fused-ring (bicyclic) bond motifs is 6. The Morgan fingerprint density at radius 1 is 0.452 bits per heavy atom. The van der Waals surface area contributed by atoms with Crippen molar-refractivity contribution in [2.45, 2.75) is 6.18 Å². The van der Waals surface area contributed by atoms with E-state index in [4.69, 9.17) is 6.57 Å². The number of aromatic nitrogens is 2. The SMILES string of the molecule is [C-]#[N+]c1ccc(-c2ccc3c(c2)c2ccccc2n3-c2cc(C#N)c(-n3c4ccccc4c4cc(-c5ccc(C#N)cc5)ccc43)cc2-c2ccc(C(F)(F)F)cc2C#N)cc1. The number of hydrogen-bond donors (Lipinski definition) is 0. The number of benzene rings is 8. The summed E-state index contributed by atoms with van der Waals surface area (Å²) in [4.78, 5) is 3.52. The molecule has 0 aliphatic heterocycles. The maximum atomic E-state index is 14.1. The molecule has 0 radical (unpaired) electrons. The summed E-state index contributed by atoms with van der Waals surface area (Å²) in [5.41, 5.74) is 8.85. The Hall–Kier alpha value is -8.89. The van der Waals surface area contributed by atoms with Crippen molar-refractivity contribution in [1.29, 1.82) is 15.8 Å². The van der Waals surface area contributed by atoms with Crippen molar-refractivity contribution in [1.82, 2.24) is 9.13 Å². The summed E-state index contributed by atoms with van der Waals surface area (Å²) in [5, 5.41) is 34.5. The second-order valence-electron chi connectivity index (χ2n) is 14.9. The van der Waals surface area contributed by atoms with Crippen LogP contribution in [0.15, 0.2) is 164 Å². The van der Waals surface area contributed by atoms with Crippen molar-refractivity contribution in [3.8, 4) is 63.0 Å². The van der Waals surface area contributed by atoms with E-state index in [1.54, 1.807) is 30.3 Å². The number of alkyl halides is 3. The summed E-state index contributed by atoms with van der Waals surface area (Å²) in [6.45, 7) is 7.37. The van der Waals surface area contributed by atoms with Gasteiger partial charge in [-0.05, 0) is 95.1 Å². The maximum absolute atomic E-state index is 14.1. The highest BCUT2D eigenvalue weighted by molar-refractivity contribution is 6.12. The lowest BCUT2D eigenvalue weighted by Gasteiger charge is -2.20. The minimum Gasteiger partial charge on any atom is -0.309 e. The third-order valence-corrected chi connectivity index (χ3v) is 11.5. The van der Waals surface area contributed by atoms with Crippen LogP contribution in [0.3, 0.4) is 0 Å². The van der Waals surface area contributed by atoms with Gasteiger partial charge >= 0.3 is 6.18 Å². The van der Waals surface area contributed by atoms with E-state index in [-0.39, 0.29) is 11.1 Å². The molecule has 0 saturated carbocycles. The van der Waals surface area contributed by atoms with Gasteiger partial charge in [-0.25, -0.2) is 4.85 Å². The Kier molecular flexibility index (Phi) is 8.70. The highest BCUT2D eigenvalue weighted by Gasteiger charge is 2.32. The van der Waals surface area contributed by atoms with Gasteiger partial charge < -0.3 is 9.13 Å². The van der Waals surface area contributed by atoms with Crippen molar-refractivity contribution < 1.29 is 13.2 Å². The van der Waals surface area contributed by atoms with Gasteiger partial charge in [0.25, 0.3) is 0 Å². The van der Waals surface area contributed by atoms with Crippen molar-refractivity contribution in [3.63, 3.8) is 0 Å². The lowest BCUT2D eigenvalue weighted by molar-refractivity contribution is -0.137. The molecule has 9 heteroatoms. The lowest BCUT2D eigenvalue weighted by atomic mass is 9.94. The standard InChI is InChI=1S/C53H27F3N6/c1-60-40-19-14-34(15-20-40)36-17-23-50-45(26-36)43-7-3-5-9-48(43)62(50)52-27-38(31-59)51(28-46(52)41-21-18-39(53(54,55)56)24-37(41)30-58)61-47-8-4-2-6-42(47)44-25-35(16-22-49(44)61)33-12-10-32(29-57)11-13-33/h2-28H. The Morgan fingerprint density at radius 2 is 0.968 bits per heavy atom. The van der Waals surface area contributed by atoms with Crippen LogP contribution in [-0.4, -0.2) is 9.13 Å². The molecule has 6 nitrogen and oxygen atoms in total. The van der Waals surface area contributed by atoms with Crippen LogP contribution >= 0.6 is 0 Å². The van der Waals surface area contributed by atoms with Crippen LogP contribution in [0.2, 0.25) is 0 Å². The molecule has 0 N–H and O–H groups in total. The highest BCUT2D eigenvalue weighted by Crippen LogP contribution is 2.43. The normalized spacial score (nSPS) is 11.4. The minimum atomic E-state index is -4.68. The first kappa shape index (κ1) is 37.4. The molecular weight excluding hydrogens is 778 g/mol. The highest BCUT2D eigenvalue weighted by atomic mass is 19.4. The van der Waals surface area contributed by atoms with Crippen molar-refractivity contribution in [2.24, 2.45) is 0 Å². The molecule has 0 unspecified atom stereocenters. The molecule has 0 bridgehead atoms. The Balaban J connectivity index is 1.27. The van der Waals surface area contributed by atoms with Gasteiger partial charge in [0.15, 0.2) is 5.69 Å². The molecule has 8 aromatic carbocycles. The fourth-order valence-corrected chi connectivity index (χ4v) is 8.59. The fraction of sp³-hybridized carbons (Fsp3) is 0.0189. The Labute approximate surface area is 352 Å². The lowest BCUT2D eigenvalue weighted by Crippen LogP contribution is -2.07. The van der Waals surface area contributed by atoms with Crippen LogP contribution in [0.25, 0.3) is 93.2 Å². The average Bonchev–Trinajstić information content (AvgIpc) is 3.82. The number of nitrogens with zero attached hydrogens (tertiary/aromatic N) is 6. The third kappa shape index (κ3) is 6.01. The maximum Gasteiger partial charge on any atom is 0.416 e. The molecule has 0 spiro atoms. The number of rotatable bonds is 5. The van der Waals surface area contributed by atoms with E-state index >= 15 is 0 Å². The molecule has 0 atom stereocenters. The first-order chi connectivity index (χ1) is 30.2. The van der Waals surface area contributed by atoms with Gasteiger partial charge in [-0.15, -0.1) is 0 Å². The molecule has 2 heterocycles. The molecule has 2 aromatic heterocycles. The molecule has 10 rings (SSSR count). The van der Waals surface area contributed by atoms with Gasteiger partial charge in [0, 0.05) is 32.7 Å². The Bertz CT molecular complexity index is 3660. The first-order valence-corrected chi connectivity index (χ1v) is 19.4. The molecule has 290 valence electrons. The zero-order valence-corrected chi connectivity index (χ0v) is 32.4. The monoisotopic (exact) mass is 804 g/mol. The van der Waals surface area contributed by atoms with E-state index in [9.17, 15) is 29.0 Å². The predicted octanol–water partition coefficient (Wildman–Crippen LogP) is 14.1. The van der Waals surface area contributed by atoms with E-state index in [0.29, 0.717) is 33.8 Å². The summed E-state index contributed by atoms with van der Waals surface area (Å²) >= 11 is 0. The summed E-state index contributed by atoms with van der Waals surface area (Å²) in [6, 6.07) is 55.8. The quantitative estimate of drug-likeness (QED) is 0.162. The molecule has 0 amide bonds. The average molecular weight is 805 g/mol. The van der Waals surface area contributed by atoms with Gasteiger partial charge in [-0.1, -0.05) is 91.0 Å². The van der Waals surface area contributed by atoms with E-state index in [2.05, 4.69) is 29.1 Å². The van der Waals surface area contributed by atoms with Crippen LogP contribution in [-0.2, 0) is 6.18 Å². The zero-order chi connectivity index (χ0) is 42.7. The molecular formula is C53H27F3N6. The molecule has 10 aromatic rings. The fourth-order valence-electron chi connectivity index (χ4n) is 8.59. The number of nitriles is 3. The molecule has 0 aliphatic rings. The molecule has 62 heavy (non-hydrogen) atoms. The van der Waals surface area contributed by atoms with Gasteiger partial charge in [-0.3, -0.25) is 0 Å². The minimum absolute atomic E-state index is 0.170. The zero-order valence-electron chi connectivity index (χ0n) is 32.4. The van der Waals surface area contributed by atoms with Crippen LogP contribution in [0, 0.1) is 40.6 Å². The number of para-hydroxylation sites is 2. The molecule has 0 fully saturated rings. The van der Waals surface area contributed by atoms with Crippen LogP contribution in [0.5, 0.6) is 0 Å². The van der Waals surface area contributed by atoms with Crippen LogP contribution in [0.4, 0.5) is 18.9 Å². The van der Waals surface area contributed by atoms with E-state index in [0.717, 1.165) is 78.0 Å². The summed E-state index contributed by atoms with van der Waals surface area (Å²) < 4.78 is 46.4. The smallest absolute Gasteiger partial charge is 0.309 e. The van der Waals surface area contributed by atoms with Crippen LogP contribution in [0.1, 0.15) is 22.3 Å². The number of hydrogen-bond acceptors (Lipinski definition) is 3.